The molecule has 4 heteroatoms. The van der Waals surface area contributed by atoms with Crippen molar-refractivity contribution in [1.82, 2.24) is 15.1 Å². The molecule has 2 aliphatic rings. The number of benzene rings is 1. The summed E-state index contributed by atoms with van der Waals surface area (Å²) in [5.74, 6) is 0.223. The number of hydrogen-bond acceptors (Lipinski definition) is 3. The third-order valence-electron chi connectivity index (χ3n) is 4.94. The first-order chi connectivity index (χ1) is 10.1. The first-order valence-corrected chi connectivity index (χ1v) is 7.83. The van der Waals surface area contributed by atoms with E-state index >= 15 is 0 Å². The van der Waals surface area contributed by atoms with Crippen LogP contribution in [0.2, 0.25) is 0 Å². The van der Waals surface area contributed by atoms with Crippen molar-refractivity contribution < 1.29 is 4.79 Å². The molecule has 4 nitrogen and oxygen atoms in total. The van der Waals surface area contributed by atoms with Crippen molar-refractivity contribution in [2.24, 2.45) is 5.41 Å². The molecule has 0 spiro atoms. The molecular formula is C17H25N3O. The van der Waals surface area contributed by atoms with Crippen molar-refractivity contribution in [3.8, 4) is 0 Å². The van der Waals surface area contributed by atoms with E-state index in [9.17, 15) is 4.79 Å². The summed E-state index contributed by atoms with van der Waals surface area (Å²) in [4.78, 5) is 17.0. The van der Waals surface area contributed by atoms with Gasteiger partial charge < -0.3 is 9.80 Å². The van der Waals surface area contributed by atoms with Crippen LogP contribution >= 0.6 is 0 Å². The van der Waals surface area contributed by atoms with E-state index in [2.05, 4.69) is 24.2 Å². The van der Waals surface area contributed by atoms with Gasteiger partial charge in [0.05, 0.1) is 6.67 Å². The van der Waals surface area contributed by atoms with Gasteiger partial charge in [-0.25, -0.2) is 0 Å². The number of amides is 1. The molecular weight excluding hydrogens is 262 g/mol. The predicted molar refractivity (Wildman–Crippen MR) is 83.7 cm³/mol. The van der Waals surface area contributed by atoms with Crippen LogP contribution in [0.1, 0.15) is 31.4 Å². The highest BCUT2D eigenvalue weighted by atomic mass is 16.2. The Hall–Kier alpha value is -1.39. The Morgan fingerprint density at radius 3 is 2.57 bits per heavy atom. The monoisotopic (exact) mass is 287 g/mol. The topological polar surface area (TPSA) is 35.6 Å². The molecule has 1 N–H and O–H groups in total. The number of carbonyl (C=O) groups excluding carboxylic acids is 1. The van der Waals surface area contributed by atoms with Crippen LogP contribution < -0.4 is 5.32 Å². The minimum atomic E-state index is -0.166. The number of carbonyl (C=O) groups is 1. The summed E-state index contributed by atoms with van der Waals surface area (Å²) in [5.41, 5.74) is 1.33. The fourth-order valence-corrected chi connectivity index (χ4v) is 3.37. The molecule has 1 atom stereocenters. The number of likely N-dealkylation sites (tertiary alicyclic amines) is 1. The summed E-state index contributed by atoms with van der Waals surface area (Å²) in [5, 5.41) is 3.35. The molecule has 0 aromatic heterocycles. The van der Waals surface area contributed by atoms with E-state index in [0.29, 0.717) is 6.67 Å². The summed E-state index contributed by atoms with van der Waals surface area (Å²) in [7, 11) is 2.17. The standard InChI is InChI=1S/C17H25N3O/c1-17(8-10-19(2)11-9-17)12-20-13-18-15(16(20)21)14-6-4-3-5-7-14/h3-7,15,18H,8-13H2,1-2H3. The van der Waals surface area contributed by atoms with Crippen LogP contribution in [-0.4, -0.2) is 49.1 Å². The molecule has 0 saturated carbocycles. The lowest BCUT2D eigenvalue weighted by Crippen LogP contribution is -2.44. The zero-order chi connectivity index (χ0) is 14.9. The summed E-state index contributed by atoms with van der Waals surface area (Å²) in [6.45, 7) is 6.13. The predicted octanol–water partition coefficient (Wildman–Crippen LogP) is 1.85. The van der Waals surface area contributed by atoms with Gasteiger partial charge in [0.25, 0.3) is 0 Å². The van der Waals surface area contributed by atoms with Crippen molar-refractivity contribution in [1.29, 1.82) is 0 Å². The fraction of sp³-hybridized carbons (Fsp3) is 0.588. The third kappa shape index (κ3) is 3.11. The quantitative estimate of drug-likeness (QED) is 0.921. The van der Waals surface area contributed by atoms with Gasteiger partial charge in [0, 0.05) is 6.54 Å². The van der Waals surface area contributed by atoms with Crippen LogP contribution in [0.25, 0.3) is 0 Å². The van der Waals surface area contributed by atoms with Gasteiger partial charge in [-0.15, -0.1) is 0 Å². The largest absolute Gasteiger partial charge is 0.328 e. The normalized spacial score (nSPS) is 26.3. The average Bonchev–Trinajstić information content (AvgIpc) is 2.85. The third-order valence-corrected chi connectivity index (χ3v) is 4.94. The van der Waals surface area contributed by atoms with Crippen LogP contribution in [0.5, 0.6) is 0 Å². The highest BCUT2D eigenvalue weighted by molar-refractivity contribution is 5.85. The molecule has 0 bridgehead atoms. The Labute approximate surface area is 127 Å². The molecule has 114 valence electrons. The van der Waals surface area contributed by atoms with Crippen LogP contribution in [0.15, 0.2) is 30.3 Å². The lowest BCUT2D eigenvalue weighted by atomic mass is 9.80. The Kier molecular flexibility index (Phi) is 4.00. The maximum Gasteiger partial charge on any atom is 0.245 e. The zero-order valence-corrected chi connectivity index (χ0v) is 13.0. The first kappa shape index (κ1) is 14.5. The van der Waals surface area contributed by atoms with Crippen molar-refractivity contribution in [2.75, 3.05) is 33.4 Å². The number of piperidine rings is 1. The highest BCUT2D eigenvalue weighted by Crippen LogP contribution is 2.33. The SMILES string of the molecule is CN1CCC(C)(CN2CNC(c3ccccc3)C2=O)CC1. The molecule has 21 heavy (non-hydrogen) atoms. The number of nitrogens with one attached hydrogen (secondary N) is 1. The second-order valence-corrected chi connectivity index (χ2v) is 6.86. The van der Waals surface area contributed by atoms with E-state index in [1.54, 1.807) is 0 Å². The van der Waals surface area contributed by atoms with Gasteiger partial charge in [0.2, 0.25) is 5.91 Å². The Morgan fingerprint density at radius 2 is 1.90 bits per heavy atom. The number of nitrogens with zero attached hydrogens (tertiary/aromatic N) is 2. The molecule has 1 aromatic rings. The van der Waals surface area contributed by atoms with Crippen LogP contribution in [0.3, 0.4) is 0 Å². The zero-order valence-electron chi connectivity index (χ0n) is 13.0. The van der Waals surface area contributed by atoms with Gasteiger partial charge in [0.1, 0.15) is 6.04 Å². The van der Waals surface area contributed by atoms with E-state index in [1.807, 2.05) is 35.2 Å². The second kappa shape index (κ2) is 5.78. The second-order valence-electron chi connectivity index (χ2n) is 6.86. The van der Waals surface area contributed by atoms with E-state index in [-0.39, 0.29) is 17.4 Å². The van der Waals surface area contributed by atoms with E-state index in [4.69, 9.17) is 0 Å². The van der Waals surface area contributed by atoms with E-state index in [0.717, 1.165) is 25.2 Å². The summed E-state index contributed by atoms with van der Waals surface area (Å²) in [6.07, 6.45) is 2.34. The minimum Gasteiger partial charge on any atom is -0.328 e. The van der Waals surface area contributed by atoms with Gasteiger partial charge in [-0.1, -0.05) is 37.3 Å². The van der Waals surface area contributed by atoms with Crippen LogP contribution in [-0.2, 0) is 4.79 Å². The molecule has 2 aliphatic heterocycles. The molecule has 1 amide bonds. The van der Waals surface area contributed by atoms with Crippen molar-refractivity contribution in [2.45, 2.75) is 25.8 Å². The summed E-state index contributed by atoms with van der Waals surface area (Å²) in [6, 6.07) is 9.85. The maximum atomic E-state index is 12.6. The number of rotatable bonds is 3. The molecule has 2 heterocycles. The van der Waals surface area contributed by atoms with Crippen molar-refractivity contribution in [3.63, 3.8) is 0 Å². The summed E-state index contributed by atoms with van der Waals surface area (Å²) >= 11 is 0. The first-order valence-electron chi connectivity index (χ1n) is 7.83. The smallest absolute Gasteiger partial charge is 0.245 e. The van der Waals surface area contributed by atoms with E-state index in [1.165, 1.54) is 12.8 Å². The van der Waals surface area contributed by atoms with Crippen molar-refractivity contribution >= 4 is 5.91 Å². The van der Waals surface area contributed by atoms with Crippen LogP contribution in [0.4, 0.5) is 0 Å². The van der Waals surface area contributed by atoms with Gasteiger partial charge in [-0.3, -0.25) is 10.1 Å². The molecule has 2 saturated heterocycles. The van der Waals surface area contributed by atoms with Gasteiger partial charge in [-0.2, -0.15) is 0 Å². The van der Waals surface area contributed by atoms with Crippen LogP contribution in [0, 0.1) is 5.41 Å². The van der Waals surface area contributed by atoms with E-state index < -0.39 is 0 Å². The van der Waals surface area contributed by atoms with Gasteiger partial charge in [-0.05, 0) is 44.0 Å². The minimum absolute atomic E-state index is 0.166. The summed E-state index contributed by atoms with van der Waals surface area (Å²) < 4.78 is 0. The Bertz CT molecular complexity index is 494. The fourth-order valence-electron chi connectivity index (χ4n) is 3.37. The molecule has 2 fully saturated rings. The highest BCUT2D eigenvalue weighted by Gasteiger charge is 2.38. The van der Waals surface area contributed by atoms with Gasteiger partial charge >= 0.3 is 0 Å². The molecule has 3 rings (SSSR count). The average molecular weight is 287 g/mol. The molecule has 1 aromatic carbocycles. The Balaban J connectivity index is 1.64. The molecule has 0 radical (unpaired) electrons. The molecule has 0 aliphatic carbocycles. The van der Waals surface area contributed by atoms with Gasteiger partial charge in [0.15, 0.2) is 0 Å². The lowest BCUT2D eigenvalue weighted by Gasteiger charge is -2.40. The number of hydrogen-bond donors (Lipinski definition) is 1. The maximum absolute atomic E-state index is 12.6. The molecule has 1 unspecified atom stereocenters. The van der Waals surface area contributed by atoms with Crippen molar-refractivity contribution in [3.05, 3.63) is 35.9 Å². The Morgan fingerprint density at radius 1 is 1.24 bits per heavy atom. The lowest BCUT2D eigenvalue weighted by molar-refractivity contribution is -0.130.